The summed E-state index contributed by atoms with van der Waals surface area (Å²) in [5.41, 5.74) is 0. The minimum absolute atomic E-state index is 0.810. The molecule has 1 unspecified atom stereocenters. The lowest BCUT2D eigenvalue weighted by Crippen LogP contribution is -2.56. The van der Waals surface area contributed by atoms with E-state index in [0.29, 0.717) is 0 Å². The Morgan fingerprint density at radius 2 is 1.81 bits per heavy atom. The average molecular weight is 262 g/mol. The van der Waals surface area contributed by atoms with Gasteiger partial charge in [-0.15, -0.1) is 0 Å². The highest BCUT2D eigenvalue weighted by Gasteiger charge is 2.44. The Balaban J connectivity index is 2.57. The molecule has 1 aliphatic rings. The van der Waals surface area contributed by atoms with Crippen LogP contribution in [0.2, 0.25) is 0 Å². The number of phosphoric acid groups is 1. The molecule has 0 bridgehead atoms. The van der Waals surface area contributed by atoms with Crippen molar-refractivity contribution in [2.24, 2.45) is 0 Å². The Bertz CT molecular complexity index is 282. The molecule has 1 fully saturated rings. The van der Waals surface area contributed by atoms with Crippen LogP contribution in [0.1, 0.15) is 0 Å². The predicted molar refractivity (Wildman–Crippen MR) is 45.8 cm³/mol. The van der Waals surface area contributed by atoms with Gasteiger partial charge in [0.2, 0.25) is 0 Å². The third kappa shape index (κ3) is 3.44. The van der Waals surface area contributed by atoms with E-state index in [4.69, 9.17) is 20.0 Å². The van der Waals surface area contributed by atoms with Gasteiger partial charge in [0.15, 0.2) is 12.5 Å². The predicted octanol–water partition coefficient (Wildman–Crippen LogP) is -2.13. The van der Waals surface area contributed by atoms with Crippen LogP contribution in [0.4, 0.5) is 4.39 Å². The lowest BCUT2D eigenvalue weighted by Gasteiger charge is -2.36. The molecule has 0 radical (unpaired) electrons. The molecule has 8 nitrogen and oxygen atoms in total. The molecule has 10 heteroatoms. The minimum Gasteiger partial charge on any atom is -0.387 e. The number of aliphatic hydroxyl groups excluding tert-OH is 3. The van der Waals surface area contributed by atoms with Crippen LogP contribution in [0.5, 0.6) is 0 Å². The van der Waals surface area contributed by atoms with Crippen LogP contribution >= 0.6 is 7.82 Å². The van der Waals surface area contributed by atoms with E-state index in [1.54, 1.807) is 0 Å². The zero-order valence-electron chi connectivity index (χ0n) is 7.88. The molecule has 96 valence electrons. The molecule has 0 spiro atoms. The molecule has 16 heavy (non-hydrogen) atoms. The van der Waals surface area contributed by atoms with Crippen LogP contribution in [0.3, 0.4) is 0 Å². The van der Waals surface area contributed by atoms with Crippen molar-refractivity contribution in [3.05, 3.63) is 0 Å². The number of halogens is 1. The van der Waals surface area contributed by atoms with Gasteiger partial charge in [-0.3, -0.25) is 4.52 Å². The fourth-order valence-electron chi connectivity index (χ4n) is 1.21. The van der Waals surface area contributed by atoms with Crippen molar-refractivity contribution < 1.29 is 43.3 Å². The maximum absolute atomic E-state index is 13.1. The smallest absolute Gasteiger partial charge is 0.387 e. The Morgan fingerprint density at radius 1 is 1.25 bits per heavy atom. The molecule has 1 heterocycles. The monoisotopic (exact) mass is 262 g/mol. The number of hydrogen-bond donors (Lipinski definition) is 5. The highest BCUT2D eigenvalue weighted by Crippen LogP contribution is 2.37. The van der Waals surface area contributed by atoms with Crippen LogP contribution in [0, 0.1) is 0 Å². The third-order valence-electron chi connectivity index (χ3n) is 2.05. The highest BCUT2D eigenvalue weighted by atomic mass is 31.2. The van der Waals surface area contributed by atoms with Crippen LogP contribution < -0.4 is 0 Å². The average Bonchev–Trinajstić information content (AvgIpc) is 2.17. The second kappa shape index (κ2) is 5.03. The second-order valence-corrected chi connectivity index (χ2v) is 4.52. The molecule has 1 saturated heterocycles. The van der Waals surface area contributed by atoms with Crippen molar-refractivity contribution in [3.63, 3.8) is 0 Å². The zero-order valence-corrected chi connectivity index (χ0v) is 8.77. The molecular weight excluding hydrogens is 250 g/mol. The minimum atomic E-state index is -4.77. The van der Waals surface area contributed by atoms with Crippen molar-refractivity contribution in [2.75, 3.05) is 6.61 Å². The SMILES string of the molecule is O=P(O)(O)OC[C@H]1OC(O)[C@@H](O)[C@@H](F)[C@@H]1O. The van der Waals surface area contributed by atoms with Crippen molar-refractivity contribution in [1.29, 1.82) is 0 Å². The van der Waals surface area contributed by atoms with Gasteiger partial charge < -0.3 is 29.8 Å². The van der Waals surface area contributed by atoms with Crippen LogP contribution in [0.15, 0.2) is 0 Å². The fourth-order valence-corrected chi connectivity index (χ4v) is 1.55. The summed E-state index contributed by atoms with van der Waals surface area (Å²) >= 11 is 0. The number of ether oxygens (including phenoxy) is 1. The van der Waals surface area contributed by atoms with Crippen LogP contribution in [-0.4, -0.2) is 62.5 Å². The van der Waals surface area contributed by atoms with E-state index < -0.39 is 45.2 Å². The number of hydrogen-bond acceptors (Lipinski definition) is 6. The molecular formula is C6H12FO8P. The number of rotatable bonds is 3. The number of phosphoric ester groups is 1. The summed E-state index contributed by atoms with van der Waals surface area (Å²) in [6, 6.07) is 0. The first-order chi connectivity index (χ1) is 7.22. The van der Waals surface area contributed by atoms with Crippen molar-refractivity contribution in [1.82, 2.24) is 0 Å². The Hall–Kier alpha value is -0.120. The summed E-state index contributed by atoms with van der Waals surface area (Å²) in [6.45, 7) is -0.810. The van der Waals surface area contributed by atoms with Gasteiger partial charge in [0.05, 0.1) is 6.61 Å². The van der Waals surface area contributed by atoms with Crippen molar-refractivity contribution in [3.8, 4) is 0 Å². The van der Waals surface area contributed by atoms with E-state index in [2.05, 4.69) is 9.26 Å². The van der Waals surface area contributed by atoms with Gasteiger partial charge in [0, 0.05) is 0 Å². The summed E-state index contributed by atoms with van der Waals surface area (Å²) in [4.78, 5) is 16.7. The van der Waals surface area contributed by atoms with E-state index >= 15 is 0 Å². The van der Waals surface area contributed by atoms with Gasteiger partial charge in [0.1, 0.15) is 18.3 Å². The first-order valence-electron chi connectivity index (χ1n) is 4.26. The molecule has 0 aliphatic carbocycles. The van der Waals surface area contributed by atoms with E-state index in [-0.39, 0.29) is 0 Å². The maximum Gasteiger partial charge on any atom is 0.469 e. The maximum atomic E-state index is 13.1. The summed E-state index contributed by atoms with van der Waals surface area (Å²) in [5, 5.41) is 27.2. The Labute approximate surface area is 89.5 Å². The van der Waals surface area contributed by atoms with Crippen LogP contribution in [-0.2, 0) is 13.8 Å². The summed E-state index contributed by atoms with van der Waals surface area (Å²) in [7, 11) is -4.77. The summed E-state index contributed by atoms with van der Waals surface area (Å²) < 4.78 is 32.0. The van der Waals surface area contributed by atoms with E-state index in [0.717, 1.165) is 0 Å². The molecule has 0 aromatic carbocycles. The molecule has 0 aromatic heterocycles. The largest absolute Gasteiger partial charge is 0.469 e. The molecule has 0 amide bonds. The van der Waals surface area contributed by atoms with Gasteiger partial charge >= 0.3 is 7.82 Å². The molecule has 0 saturated carbocycles. The van der Waals surface area contributed by atoms with Gasteiger partial charge in [-0.1, -0.05) is 0 Å². The van der Waals surface area contributed by atoms with Crippen LogP contribution in [0.25, 0.3) is 0 Å². The topological polar surface area (TPSA) is 137 Å². The van der Waals surface area contributed by atoms with Gasteiger partial charge in [0.25, 0.3) is 0 Å². The highest BCUT2D eigenvalue weighted by molar-refractivity contribution is 7.46. The molecule has 0 aromatic rings. The summed E-state index contributed by atoms with van der Waals surface area (Å²) in [6.07, 6.45) is -9.30. The normalized spacial score (nSPS) is 41.0. The van der Waals surface area contributed by atoms with Crippen molar-refractivity contribution >= 4 is 7.82 Å². The lowest BCUT2D eigenvalue weighted by molar-refractivity contribution is -0.273. The molecule has 5 atom stereocenters. The van der Waals surface area contributed by atoms with Crippen molar-refractivity contribution in [2.45, 2.75) is 30.8 Å². The number of alkyl halides is 1. The first-order valence-corrected chi connectivity index (χ1v) is 5.79. The Morgan fingerprint density at radius 3 is 2.31 bits per heavy atom. The molecule has 5 N–H and O–H groups in total. The molecule has 1 aliphatic heterocycles. The lowest BCUT2D eigenvalue weighted by atomic mass is 10.0. The Kier molecular flexibility index (Phi) is 4.38. The van der Waals surface area contributed by atoms with E-state index in [1.807, 2.05) is 0 Å². The summed E-state index contributed by atoms with van der Waals surface area (Å²) in [5.74, 6) is 0. The van der Waals surface area contributed by atoms with E-state index in [9.17, 15) is 14.1 Å². The molecule has 1 rings (SSSR count). The van der Waals surface area contributed by atoms with Gasteiger partial charge in [-0.2, -0.15) is 0 Å². The number of aliphatic hydroxyl groups is 3. The van der Waals surface area contributed by atoms with Gasteiger partial charge in [-0.25, -0.2) is 8.96 Å². The third-order valence-corrected chi connectivity index (χ3v) is 2.53. The quantitative estimate of drug-likeness (QED) is 0.364. The first kappa shape index (κ1) is 13.9. The van der Waals surface area contributed by atoms with Gasteiger partial charge in [-0.05, 0) is 0 Å². The zero-order chi connectivity index (χ0) is 12.5. The van der Waals surface area contributed by atoms with E-state index in [1.165, 1.54) is 0 Å². The second-order valence-electron chi connectivity index (χ2n) is 3.28. The fraction of sp³-hybridized carbons (Fsp3) is 1.00. The standard InChI is InChI=1S/C6H12FO8P/c7-3-4(8)2(1-14-16(11,12)13)15-6(10)5(3)9/h2-6,8-10H,1H2,(H2,11,12,13)/t2-,3+,4-,5+,6?/m1/s1.